The first-order valence-electron chi connectivity index (χ1n) is 5.42. The van der Waals surface area contributed by atoms with Crippen LogP contribution in [0.3, 0.4) is 0 Å². The Balaban J connectivity index is 2.23. The van der Waals surface area contributed by atoms with Crippen molar-refractivity contribution in [3.8, 4) is 0 Å². The van der Waals surface area contributed by atoms with Gasteiger partial charge in [0.05, 0.1) is 12.9 Å². The van der Waals surface area contributed by atoms with Crippen molar-refractivity contribution in [3.63, 3.8) is 0 Å². The van der Waals surface area contributed by atoms with Crippen LogP contribution >= 0.6 is 11.6 Å². The number of furan rings is 1. The summed E-state index contributed by atoms with van der Waals surface area (Å²) in [5.41, 5.74) is 6.45. The average Bonchev–Trinajstić information content (AvgIpc) is 2.85. The van der Waals surface area contributed by atoms with Crippen LogP contribution in [-0.4, -0.2) is 13.2 Å². The molecule has 1 heterocycles. The predicted octanol–water partition coefficient (Wildman–Crippen LogP) is 3.00. The lowest BCUT2D eigenvalue weighted by molar-refractivity contribution is 0.0710. The summed E-state index contributed by atoms with van der Waals surface area (Å²) < 4.78 is 11.1. The van der Waals surface area contributed by atoms with E-state index in [2.05, 4.69) is 0 Å². The lowest BCUT2D eigenvalue weighted by atomic mass is 10.1. The van der Waals surface area contributed by atoms with Gasteiger partial charge in [-0.05, 0) is 29.8 Å². The molecule has 90 valence electrons. The minimum atomic E-state index is -0.231. The van der Waals surface area contributed by atoms with Gasteiger partial charge in [-0.25, -0.2) is 0 Å². The Kier molecular flexibility index (Phi) is 4.20. The second kappa shape index (κ2) is 5.87. The van der Waals surface area contributed by atoms with Crippen molar-refractivity contribution in [2.75, 3.05) is 13.2 Å². The van der Waals surface area contributed by atoms with Crippen LogP contribution in [0, 0.1) is 0 Å². The topological polar surface area (TPSA) is 48.4 Å². The smallest absolute Gasteiger partial charge is 0.140 e. The molecule has 0 amide bonds. The quantitative estimate of drug-likeness (QED) is 0.889. The molecular weight excluding hydrogens is 238 g/mol. The molecule has 0 aliphatic rings. The third kappa shape index (κ3) is 3.09. The molecule has 1 atom stereocenters. The summed E-state index contributed by atoms with van der Waals surface area (Å²) in [4.78, 5) is 0. The minimum Gasteiger partial charge on any atom is -0.466 e. The largest absolute Gasteiger partial charge is 0.466 e. The van der Waals surface area contributed by atoms with Crippen LogP contribution < -0.4 is 5.73 Å². The van der Waals surface area contributed by atoms with Gasteiger partial charge in [-0.1, -0.05) is 23.7 Å². The highest BCUT2D eigenvalue weighted by Crippen LogP contribution is 2.27. The Bertz CT molecular complexity index is 439. The molecule has 0 aliphatic heterocycles. The number of ether oxygens (including phenoxy) is 1. The van der Waals surface area contributed by atoms with E-state index in [4.69, 9.17) is 26.5 Å². The Morgan fingerprint density at radius 2 is 2.00 bits per heavy atom. The second-order valence-electron chi connectivity index (χ2n) is 3.61. The summed E-state index contributed by atoms with van der Waals surface area (Å²) in [5.74, 6) is 0.765. The maximum atomic E-state index is 5.86. The molecule has 3 nitrogen and oxygen atoms in total. The highest BCUT2D eigenvalue weighted by molar-refractivity contribution is 6.30. The van der Waals surface area contributed by atoms with Gasteiger partial charge in [0.2, 0.25) is 0 Å². The molecule has 1 aromatic heterocycles. The van der Waals surface area contributed by atoms with E-state index in [1.54, 1.807) is 6.26 Å². The SMILES string of the molecule is NCCOC(c1ccc(Cl)cc1)c1ccco1. The van der Waals surface area contributed by atoms with E-state index in [0.29, 0.717) is 18.2 Å². The monoisotopic (exact) mass is 251 g/mol. The van der Waals surface area contributed by atoms with Crippen LogP contribution in [0.2, 0.25) is 5.02 Å². The number of rotatable bonds is 5. The van der Waals surface area contributed by atoms with E-state index in [1.807, 2.05) is 36.4 Å². The molecule has 0 radical (unpaired) electrons. The summed E-state index contributed by atoms with van der Waals surface area (Å²) in [6, 6.07) is 11.2. The van der Waals surface area contributed by atoms with Gasteiger partial charge in [-0.15, -0.1) is 0 Å². The van der Waals surface area contributed by atoms with Crippen LogP contribution in [0.5, 0.6) is 0 Å². The maximum Gasteiger partial charge on any atom is 0.140 e. The minimum absolute atomic E-state index is 0.231. The van der Waals surface area contributed by atoms with E-state index in [1.165, 1.54) is 0 Å². The summed E-state index contributed by atoms with van der Waals surface area (Å²) in [5, 5.41) is 0.700. The molecule has 0 saturated heterocycles. The number of halogens is 1. The first-order chi connectivity index (χ1) is 8.31. The fourth-order valence-electron chi connectivity index (χ4n) is 1.61. The summed E-state index contributed by atoms with van der Waals surface area (Å²) in [6.45, 7) is 0.957. The van der Waals surface area contributed by atoms with Crippen molar-refractivity contribution in [2.24, 2.45) is 5.73 Å². The summed E-state index contributed by atoms with van der Waals surface area (Å²) in [6.07, 6.45) is 1.40. The van der Waals surface area contributed by atoms with E-state index in [-0.39, 0.29) is 6.10 Å². The molecule has 1 aromatic carbocycles. The number of hydrogen-bond donors (Lipinski definition) is 1. The second-order valence-corrected chi connectivity index (χ2v) is 4.04. The molecule has 2 rings (SSSR count). The zero-order valence-electron chi connectivity index (χ0n) is 9.30. The van der Waals surface area contributed by atoms with Gasteiger partial charge in [0.1, 0.15) is 11.9 Å². The first-order valence-corrected chi connectivity index (χ1v) is 5.79. The lowest BCUT2D eigenvalue weighted by Gasteiger charge is -2.15. The number of nitrogens with two attached hydrogens (primary N) is 1. The third-order valence-corrected chi connectivity index (χ3v) is 2.63. The number of benzene rings is 1. The molecule has 0 aliphatic carbocycles. The van der Waals surface area contributed by atoms with E-state index >= 15 is 0 Å². The molecule has 1 unspecified atom stereocenters. The van der Waals surface area contributed by atoms with Gasteiger partial charge in [0.25, 0.3) is 0 Å². The molecule has 2 N–H and O–H groups in total. The molecule has 0 bridgehead atoms. The van der Waals surface area contributed by atoms with Gasteiger partial charge in [0, 0.05) is 11.6 Å². The van der Waals surface area contributed by atoms with Crippen LogP contribution in [0.25, 0.3) is 0 Å². The van der Waals surface area contributed by atoms with Crippen LogP contribution in [0.4, 0.5) is 0 Å². The normalized spacial score (nSPS) is 12.6. The Hall–Kier alpha value is -1.29. The van der Waals surface area contributed by atoms with Gasteiger partial charge in [0.15, 0.2) is 0 Å². The van der Waals surface area contributed by atoms with Crippen molar-refractivity contribution in [2.45, 2.75) is 6.10 Å². The molecule has 0 fully saturated rings. The van der Waals surface area contributed by atoms with E-state index in [0.717, 1.165) is 11.3 Å². The first kappa shape index (κ1) is 12.2. The fourth-order valence-corrected chi connectivity index (χ4v) is 1.73. The fraction of sp³-hybridized carbons (Fsp3) is 0.231. The average molecular weight is 252 g/mol. The Morgan fingerprint density at radius 1 is 1.24 bits per heavy atom. The third-order valence-electron chi connectivity index (χ3n) is 2.38. The molecule has 2 aromatic rings. The molecule has 17 heavy (non-hydrogen) atoms. The van der Waals surface area contributed by atoms with E-state index < -0.39 is 0 Å². The number of hydrogen-bond acceptors (Lipinski definition) is 3. The van der Waals surface area contributed by atoms with Gasteiger partial charge in [-0.2, -0.15) is 0 Å². The van der Waals surface area contributed by atoms with Gasteiger partial charge < -0.3 is 14.9 Å². The lowest BCUT2D eigenvalue weighted by Crippen LogP contribution is -2.13. The van der Waals surface area contributed by atoms with Crippen LogP contribution in [-0.2, 0) is 4.74 Å². The molecule has 0 spiro atoms. The van der Waals surface area contributed by atoms with Crippen molar-refractivity contribution in [1.29, 1.82) is 0 Å². The standard InChI is InChI=1S/C13H14ClNO2/c14-11-5-3-10(4-6-11)13(17-9-7-15)12-2-1-8-16-12/h1-6,8,13H,7,9,15H2. The van der Waals surface area contributed by atoms with Crippen LogP contribution in [0.15, 0.2) is 47.1 Å². The van der Waals surface area contributed by atoms with Crippen LogP contribution in [0.1, 0.15) is 17.4 Å². The molecule has 4 heteroatoms. The molecule has 0 saturated carbocycles. The zero-order chi connectivity index (χ0) is 12.1. The molecular formula is C13H14ClNO2. The van der Waals surface area contributed by atoms with Crippen molar-refractivity contribution < 1.29 is 9.15 Å². The van der Waals surface area contributed by atoms with Crippen molar-refractivity contribution >= 4 is 11.6 Å². The Morgan fingerprint density at radius 3 is 2.59 bits per heavy atom. The van der Waals surface area contributed by atoms with E-state index in [9.17, 15) is 0 Å². The summed E-state index contributed by atoms with van der Waals surface area (Å²) >= 11 is 5.86. The highest BCUT2D eigenvalue weighted by atomic mass is 35.5. The maximum absolute atomic E-state index is 5.86. The Labute approximate surface area is 105 Å². The van der Waals surface area contributed by atoms with Crippen molar-refractivity contribution in [3.05, 3.63) is 59.0 Å². The predicted molar refractivity (Wildman–Crippen MR) is 67.0 cm³/mol. The zero-order valence-corrected chi connectivity index (χ0v) is 10.1. The van der Waals surface area contributed by atoms with Gasteiger partial charge >= 0.3 is 0 Å². The summed E-state index contributed by atoms with van der Waals surface area (Å²) in [7, 11) is 0. The van der Waals surface area contributed by atoms with Gasteiger partial charge in [-0.3, -0.25) is 0 Å². The van der Waals surface area contributed by atoms with Crippen molar-refractivity contribution in [1.82, 2.24) is 0 Å². The highest BCUT2D eigenvalue weighted by Gasteiger charge is 2.17.